The zero-order valence-electron chi connectivity index (χ0n) is 8.42. The number of hydrogen-bond donors (Lipinski definition) is 1. The molecule has 0 unspecified atom stereocenters. The van der Waals surface area contributed by atoms with Crippen molar-refractivity contribution in [3.63, 3.8) is 0 Å². The van der Waals surface area contributed by atoms with Gasteiger partial charge in [-0.1, -0.05) is 15.9 Å². The van der Waals surface area contributed by atoms with E-state index in [0.717, 1.165) is 0 Å². The quantitative estimate of drug-likeness (QED) is 0.672. The van der Waals surface area contributed by atoms with Crippen LogP contribution in [0, 0.1) is 0 Å². The second kappa shape index (κ2) is 6.00. The molecule has 0 saturated carbocycles. The van der Waals surface area contributed by atoms with Crippen molar-refractivity contribution >= 4 is 49.4 Å². The minimum absolute atomic E-state index is 0.0310. The average molecular weight is 351 g/mol. The summed E-state index contributed by atoms with van der Waals surface area (Å²) in [6.07, 6.45) is -0.550. The van der Waals surface area contributed by atoms with Gasteiger partial charge < -0.3 is 4.74 Å². The van der Waals surface area contributed by atoms with Crippen molar-refractivity contribution in [2.45, 2.75) is 0 Å². The second-order valence-corrected chi connectivity index (χ2v) is 4.28. The molecule has 0 aliphatic carbocycles. The van der Waals surface area contributed by atoms with Gasteiger partial charge in [0.1, 0.15) is 0 Å². The Labute approximate surface area is 110 Å². The summed E-state index contributed by atoms with van der Waals surface area (Å²) in [6, 6.07) is 4.92. The molecule has 1 aromatic carbocycles. The lowest BCUT2D eigenvalue weighted by molar-refractivity contribution is 0.102. The van der Waals surface area contributed by atoms with Gasteiger partial charge in [-0.15, -0.1) is 0 Å². The van der Waals surface area contributed by atoms with Crippen LogP contribution in [0.5, 0.6) is 0 Å². The summed E-state index contributed by atoms with van der Waals surface area (Å²) >= 11 is 6.36. The van der Waals surface area contributed by atoms with E-state index in [1.54, 1.807) is 18.2 Å². The molecule has 0 bridgehead atoms. The number of rotatable bonds is 3. The molecule has 0 radical (unpaired) electrons. The zero-order valence-corrected chi connectivity index (χ0v) is 11.6. The first kappa shape index (κ1) is 13.2. The average Bonchev–Trinajstić information content (AvgIpc) is 2.28. The summed E-state index contributed by atoms with van der Waals surface area (Å²) in [7, 11) is 1.28. The second-order valence-electron chi connectivity index (χ2n) is 2.87. The Morgan fingerprint density at radius 1 is 1.44 bits per heavy atom. The van der Waals surface area contributed by atoms with Crippen molar-refractivity contribution in [3.8, 4) is 0 Å². The molecule has 0 heterocycles. The summed E-state index contributed by atoms with van der Waals surface area (Å²) < 4.78 is 5.08. The Morgan fingerprint density at radius 2 is 2.12 bits per heavy atom. The van der Waals surface area contributed by atoms with Gasteiger partial charge in [-0.3, -0.25) is 10.1 Å². The first-order valence-corrected chi connectivity index (χ1v) is 6.23. The fourth-order valence-corrected chi connectivity index (χ4v) is 1.96. The van der Waals surface area contributed by atoms with E-state index in [1.165, 1.54) is 7.11 Å². The molecule has 16 heavy (non-hydrogen) atoms. The summed E-state index contributed by atoms with van der Waals surface area (Å²) in [5, 5.41) is 2.76. The maximum atomic E-state index is 11.4. The Morgan fingerprint density at radius 3 is 2.62 bits per heavy atom. The number of Topliss-reactive ketones (excluding diaryl/α,β-unsaturated/α-hetero) is 1. The number of anilines is 1. The van der Waals surface area contributed by atoms with E-state index in [2.05, 4.69) is 41.9 Å². The van der Waals surface area contributed by atoms with Crippen LogP contribution >= 0.6 is 31.9 Å². The van der Waals surface area contributed by atoms with E-state index < -0.39 is 6.09 Å². The summed E-state index contributed by atoms with van der Waals surface area (Å²) in [5.74, 6) is -0.0310. The highest BCUT2D eigenvalue weighted by Gasteiger charge is 2.10. The third-order valence-electron chi connectivity index (χ3n) is 1.82. The van der Waals surface area contributed by atoms with Gasteiger partial charge in [0.25, 0.3) is 0 Å². The Balaban J connectivity index is 2.91. The van der Waals surface area contributed by atoms with Crippen LogP contribution in [0.3, 0.4) is 0 Å². The first-order valence-electron chi connectivity index (χ1n) is 4.32. The number of alkyl halides is 1. The predicted molar refractivity (Wildman–Crippen MR) is 68.3 cm³/mol. The highest BCUT2D eigenvalue weighted by Crippen LogP contribution is 2.22. The van der Waals surface area contributed by atoms with Crippen LogP contribution in [0.1, 0.15) is 10.4 Å². The molecule has 4 nitrogen and oxygen atoms in total. The fraction of sp³-hybridized carbons (Fsp3) is 0.200. The van der Waals surface area contributed by atoms with Crippen LogP contribution in [0.25, 0.3) is 0 Å². The molecular formula is C10H9Br2NO3. The van der Waals surface area contributed by atoms with Crippen molar-refractivity contribution in [2.75, 3.05) is 17.8 Å². The number of ketones is 1. The maximum absolute atomic E-state index is 11.4. The molecule has 0 spiro atoms. The summed E-state index contributed by atoms with van der Waals surface area (Å²) in [6.45, 7) is 0. The molecule has 0 fully saturated rings. The molecule has 0 aliphatic rings. The number of hydrogen-bond acceptors (Lipinski definition) is 3. The fourth-order valence-electron chi connectivity index (χ4n) is 1.06. The molecule has 0 saturated heterocycles. The molecule has 6 heteroatoms. The van der Waals surface area contributed by atoms with E-state index in [9.17, 15) is 9.59 Å². The van der Waals surface area contributed by atoms with Crippen molar-refractivity contribution in [3.05, 3.63) is 28.2 Å². The van der Waals surface area contributed by atoms with Gasteiger partial charge in [-0.2, -0.15) is 0 Å². The van der Waals surface area contributed by atoms with Crippen molar-refractivity contribution < 1.29 is 14.3 Å². The number of nitrogens with one attached hydrogen (secondary N) is 1. The predicted octanol–water partition coefficient (Wildman–Crippen LogP) is 3.21. The minimum atomic E-state index is -0.550. The molecule has 1 rings (SSSR count). The lowest BCUT2D eigenvalue weighted by Gasteiger charge is -2.06. The van der Waals surface area contributed by atoms with E-state index in [1.807, 2.05) is 0 Å². The van der Waals surface area contributed by atoms with Crippen LogP contribution in [0.4, 0.5) is 10.5 Å². The Kier molecular flexibility index (Phi) is 4.95. The number of carbonyl (C=O) groups is 2. The topological polar surface area (TPSA) is 55.4 Å². The molecule has 1 N–H and O–H groups in total. The summed E-state index contributed by atoms with van der Waals surface area (Å²) in [5.41, 5.74) is 1.12. The lowest BCUT2D eigenvalue weighted by Crippen LogP contribution is -2.11. The smallest absolute Gasteiger partial charge is 0.411 e. The standard InChI is InChI=1S/C10H9Br2NO3/c1-16-10(15)13-6-2-3-7(8(12)4-6)9(14)5-11/h2-4H,5H2,1H3,(H,13,15). The molecule has 0 aliphatic heterocycles. The van der Waals surface area contributed by atoms with Crippen LogP contribution < -0.4 is 5.32 Å². The minimum Gasteiger partial charge on any atom is -0.453 e. The Bertz CT molecular complexity index is 421. The van der Waals surface area contributed by atoms with Gasteiger partial charge in [0, 0.05) is 15.7 Å². The van der Waals surface area contributed by atoms with Crippen molar-refractivity contribution in [2.24, 2.45) is 0 Å². The number of methoxy groups -OCH3 is 1. The zero-order chi connectivity index (χ0) is 12.1. The molecule has 1 aromatic rings. The third-order valence-corrected chi connectivity index (χ3v) is 2.99. The van der Waals surface area contributed by atoms with Gasteiger partial charge in [-0.25, -0.2) is 4.79 Å². The molecule has 86 valence electrons. The van der Waals surface area contributed by atoms with Gasteiger partial charge >= 0.3 is 6.09 Å². The van der Waals surface area contributed by atoms with Crippen LogP contribution in [0.2, 0.25) is 0 Å². The van der Waals surface area contributed by atoms with E-state index >= 15 is 0 Å². The van der Waals surface area contributed by atoms with E-state index in [0.29, 0.717) is 15.7 Å². The SMILES string of the molecule is COC(=O)Nc1ccc(C(=O)CBr)c(Br)c1. The van der Waals surface area contributed by atoms with Gasteiger partial charge in [-0.05, 0) is 34.1 Å². The first-order chi connectivity index (χ1) is 7.58. The highest BCUT2D eigenvalue weighted by atomic mass is 79.9. The number of carbonyl (C=O) groups excluding carboxylic acids is 2. The van der Waals surface area contributed by atoms with E-state index in [4.69, 9.17) is 0 Å². The van der Waals surface area contributed by atoms with Gasteiger partial charge in [0.05, 0.1) is 12.4 Å². The molecule has 0 atom stereocenters. The van der Waals surface area contributed by atoms with Crippen molar-refractivity contribution in [1.29, 1.82) is 0 Å². The number of halogens is 2. The Hall–Kier alpha value is -0.880. The van der Waals surface area contributed by atoms with Crippen LogP contribution in [-0.4, -0.2) is 24.3 Å². The largest absolute Gasteiger partial charge is 0.453 e. The normalized spacial score (nSPS) is 9.69. The van der Waals surface area contributed by atoms with Gasteiger partial charge in [0.15, 0.2) is 5.78 Å². The molecule has 1 amide bonds. The molecule has 0 aromatic heterocycles. The third kappa shape index (κ3) is 3.31. The number of amides is 1. The van der Waals surface area contributed by atoms with E-state index in [-0.39, 0.29) is 11.1 Å². The number of benzene rings is 1. The maximum Gasteiger partial charge on any atom is 0.411 e. The van der Waals surface area contributed by atoms with Crippen LogP contribution in [0.15, 0.2) is 22.7 Å². The van der Waals surface area contributed by atoms with Crippen molar-refractivity contribution in [1.82, 2.24) is 0 Å². The summed E-state index contributed by atoms with van der Waals surface area (Å²) in [4.78, 5) is 22.4. The van der Waals surface area contributed by atoms with Crippen LogP contribution in [-0.2, 0) is 4.74 Å². The number of ether oxygens (including phenoxy) is 1. The van der Waals surface area contributed by atoms with Gasteiger partial charge in [0.2, 0.25) is 0 Å². The monoisotopic (exact) mass is 349 g/mol. The lowest BCUT2D eigenvalue weighted by atomic mass is 10.1. The molecular weight excluding hydrogens is 342 g/mol. The highest BCUT2D eigenvalue weighted by molar-refractivity contribution is 9.10.